The van der Waals surface area contributed by atoms with Gasteiger partial charge < -0.3 is 14.8 Å². The predicted octanol–water partition coefficient (Wildman–Crippen LogP) is 1.20. The third-order valence-electron chi connectivity index (χ3n) is 3.04. The molecule has 3 rings (SSSR count). The van der Waals surface area contributed by atoms with E-state index in [-0.39, 0.29) is 25.3 Å². The summed E-state index contributed by atoms with van der Waals surface area (Å²) in [5.41, 5.74) is 1.57. The smallest absolute Gasteiger partial charge is 0.250 e. The van der Waals surface area contributed by atoms with Gasteiger partial charge in [0.05, 0.1) is 17.9 Å². The molecule has 0 radical (unpaired) electrons. The summed E-state index contributed by atoms with van der Waals surface area (Å²) in [5, 5.41) is 3.13. The lowest BCUT2D eigenvalue weighted by molar-refractivity contribution is -0.119. The fraction of sp³-hybridized carbons (Fsp3) is 0.308. The summed E-state index contributed by atoms with van der Waals surface area (Å²) in [5.74, 6) is 3.78. The quantitative estimate of drug-likeness (QED) is 0.754. The van der Waals surface area contributed by atoms with Crippen molar-refractivity contribution >= 4 is 17.3 Å². The Labute approximate surface area is 105 Å². The van der Waals surface area contributed by atoms with E-state index in [1.165, 1.54) is 0 Å². The van der Waals surface area contributed by atoms with Crippen molar-refractivity contribution in [2.75, 3.05) is 23.6 Å². The Hall–Kier alpha value is -2.35. The number of benzene rings is 1. The Kier molecular flexibility index (Phi) is 2.30. The Morgan fingerprint density at radius 2 is 2.22 bits per heavy atom. The molecule has 0 fully saturated rings. The summed E-state index contributed by atoms with van der Waals surface area (Å²) in [7, 11) is 0. The molecule has 2 aliphatic heterocycles. The van der Waals surface area contributed by atoms with Crippen LogP contribution >= 0.6 is 0 Å². The van der Waals surface area contributed by atoms with Crippen LogP contribution in [0.3, 0.4) is 0 Å². The molecule has 2 heterocycles. The largest absolute Gasteiger partial charge is 0.454 e. The molecule has 5 heteroatoms. The third kappa shape index (κ3) is 1.46. The lowest BCUT2D eigenvalue weighted by atomic mass is 10.1. The van der Waals surface area contributed by atoms with Gasteiger partial charge in [0.2, 0.25) is 12.7 Å². The van der Waals surface area contributed by atoms with Crippen LogP contribution in [0.5, 0.6) is 11.5 Å². The number of carbonyl (C=O) groups is 1. The number of carbonyl (C=O) groups excluding carboxylic acids is 1. The molecule has 0 bridgehead atoms. The molecule has 1 N–H and O–H groups in total. The van der Waals surface area contributed by atoms with Gasteiger partial charge in [0, 0.05) is 12.1 Å². The fourth-order valence-corrected chi connectivity index (χ4v) is 2.17. The first-order valence-electron chi connectivity index (χ1n) is 5.65. The Morgan fingerprint density at radius 1 is 1.50 bits per heavy atom. The average Bonchev–Trinajstić information content (AvgIpc) is 2.80. The number of terminal acetylenes is 1. The Bertz CT molecular complexity index is 562. The first-order valence-corrected chi connectivity index (χ1v) is 5.65. The van der Waals surface area contributed by atoms with Crippen LogP contribution in [0.25, 0.3) is 0 Å². The highest BCUT2D eigenvalue weighted by molar-refractivity contribution is 6.05. The van der Waals surface area contributed by atoms with Crippen molar-refractivity contribution in [3.63, 3.8) is 0 Å². The average molecular weight is 244 g/mol. The monoisotopic (exact) mass is 244 g/mol. The maximum atomic E-state index is 12.1. The van der Waals surface area contributed by atoms with Gasteiger partial charge in [0.25, 0.3) is 0 Å². The van der Waals surface area contributed by atoms with Gasteiger partial charge >= 0.3 is 0 Å². The van der Waals surface area contributed by atoms with E-state index in [1.807, 2.05) is 6.07 Å². The van der Waals surface area contributed by atoms with Gasteiger partial charge in [-0.3, -0.25) is 9.69 Å². The molecule has 1 atom stereocenters. The number of nitrogens with zero attached hydrogens (tertiary/aromatic N) is 1. The van der Waals surface area contributed by atoms with E-state index < -0.39 is 0 Å². The minimum atomic E-state index is -0.300. The number of nitrogens with one attached hydrogen (secondary N) is 1. The predicted molar refractivity (Wildman–Crippen MR) is 66.8 cm³/mol. The molecule has 1 aromatic carbocycles. The van der Waals surface area contributed by atoms with Crippen LogP contribution in [0, 0.1) is 12.3 Å². The second-order valence-electron chi connectivity index (χ2n) is 4.22. The molecule has 18 heavy (non-hydrogen) atoms. The first-order chi connectivity index (χ1) is 8.70. The van der Waals surface area contributed by atoms with Gasteiger partial charge in [-0.15, -0.1) is 6.42 Å². The summed E-state index contributed by atoms with van der Waals surface area (Å²) < 4.78 is 10.6. The van der Waals surface area contributed by atoms with E-state index in [0.717, 1.165) is 11.4 Å². The van der Waals surface area contributed by atoms with Gasteiger partial charge in [0.1, 0.15) is 6.04 Å². The van der Waals surface area contributed by atoms with Crippen LogP contribution in [0.15, 0.2) is 12.1 Å². The summed E-state index contributed by atoms with van der Waals surface area (Å²) in [6, 6.07) is 3.32. The highest BCUT2D eigenvalue weighted by Gasteiger charge is 2.31. The minimum absolute atomic E-state index is 0.0423. The summed E-state index contributed by atoms with van der Waals surface area (Å²) in [4.78, 5) is 13.7. The van der Waals surface area contributed by atoms with Crippen LogP contribution in [0.4, 0.5) is 11.4 Å². The van der Waals surface area contributed by atoms with Crippen LogP contribution in [0.2, 0.25) is 0 Å². The summed E-state index contributed by atoms with van der Waals surface area (Å²) in [6.45, 7) is 2.26. The molecule has 1 unspecified atom stereocenters. The maximum absolute atomic E-state index is 12.1. The zero-order valence-corrected chi connectivity index (χ0v) is 9.90. The second kappa shape index (κ2) is 3.84. The van der Waals surface area contributed by atoms with Crippen LogP contribution in [-0.2, 0) is 4.79 Å². The van der Waals surface area contributed by atoms with Gasteiger partial charge in [-0.05, 0) is 6.92 Å². The molecule has 0 aromatic heterocycles. The van der Waals surface area contributed by atoms with E-state index >= 15 is 0 Å². The SMILES string of the molecule is C#CCN1C(=O)C(C)Nc2cc3c(cc21)OCO3. The summed E-state index contributed by atoms with van der Waals surface area (Å²) in [6.07, 6.45) is 5.32. The number of ether oxygens (including phenoxy) is 2. The van der Waals surface area contributed by atoms with E-state index in [4.69, 9.17) is 15.9 Å². The molecule has 0 aliphatic carbocycles. The number of anilines is 2. The fourth-order valence-electron chi connectivity index (χ4n) is 2.17. The highest BCUT2D eigenvalue weighted by Crippen LogP contribution is 2.43. The van der Waals surface area contributed by atoms with Crippen molar-refractivity contribution in [3.8, 4) is 23.8 Å². The summed E-state index contributed by atoms with van der Waals surface area (Å²) >= 11 is 0. The lowest BCUT2D eigenvalue weighted by Crippen LogP contribution is -2.45. The number of amides is 1. The van der Waals surface area contributed by atoms with Crippen molar-refractivity contribution < 1.29 is 14.3 Å². The minimum Gasteiger partial charge on any atom is -0.454 e. The third-order valence-corrected chi connectivity index (χ3v) is 3.04. The van der Waals surface area contributed by atoms with E-state index in [0.29, 0.717) is 11.5 Å². The molecule has 1 aromatic rings. The topological polar surface area (TPSA) is 50.8 Å². The van der Waals surface area contributed by atoms with Crippen LogP contribution in [0.1, 0.15) is 6.92 Å². The van der Waals surface area contributed by atoms with Crippen LogP contribution in [-0.4, -0.2) is 25.3 Å². The number of rotatable bonds is 1. The lowest BCUT2D eigenvalue weighted by Gasteiger charge is -2.32. The molecule has 2 aliphatic rings. The highest BCUT2D eigenvalue weighted by atomic mass is 16.7. The molecule has 1 amide bonds. The normalized spacial score (nSPS) is 20.1. The van der Waals surface area contributed by atoms with Gasteiger partial charge in [-0.1, -0.05) is 5.92 Å². The number of hydrogen-bond donors (Lipinski definition) is 1. The van der Waals surface area contributed by atoms with Crippen molar-refractivity contribution in [1.29, 1.82) is 0 Å². The molecule has 0 saturated heterocycles. The Balaban J connectivity index is 2.10. The number of fused-ring (bicyclic) bond motifs is 2. The van der Waals surface area contributed by atoms with Crippen molar-refractivity contribution in [2.45, 2.75) is 13.0 Å². The zero-order valence-electron chi connectivity index (χ0n) is 9.90. The van der Waals surface area contributed by atoms with Gasteiger partial charge in [-0.2, -0.15) is 0 Å². The molecule has 0 spiro atoms. The van der Waals surface area contributed by atoms with E-state index in [9.17, 15) is 4.79 Å². The van der Waals surface area contributed by atoms with Crippen molar-refractivity contribution in [1.82, 2.24) is 0 Å². The maximum Gasteiger partial charge on any atom is 0.250 e. The van der Waals surface area contributed by atoms with Crippen molar-refractivity contribution in [3.05, 3.63) is 12.1 Å². The molecular formula is C13H12N2O3. The van der Waals surface area contributed by atoms with Crippen LogP contribution < -0.4 is 19.7 Å². The molecule has 92 valence electrons. The molecule has 5 nitrogen and oxygen atoms in total. The van der Waals surface area contributed by atoms with E-state index in [1.54, 1.807) is 17.9 Å². The van der Waals surface area contributed by atoms with Gasteiger partial charge in [0.15, 0.2) is 11.5 Å². The number of hydrogen-bond acceptors (Lipinski definition) is 4. The molecular weight excluding hydrogens is 232 g/mol. The molecule has 0 saturated carbocycles. The first kappa shape index (κ1) is 10.8. The second-order valence-corrected chi connectivity index (χ2v) is 4.22. The standard InChI is InChI=1S/C13H12N2O3/c1-3-4-15-10-6-12-11(17-7-18-12)5-9(10)14-8(2)13(15)16/h1,5-6,8,14H,4,7H2,2H3. The van der Waals surface area contributed by atoms with Crippen molar-refractivity contribution in [2.24, 2.45) is 0 Å². The van der Waals surface area contributed by atoms with E-state index in [2.05, 4.69) is 11.2 Å². The Morgan fingerprint density at radius 3 is 2.94 bits per heavy atom. The van der Waals surface area contributed by atoms with Gasteiger partial charge in [-0.25, -0.2) is 0 Å². The zero-order chi connectivity index (χ0) is 12.7.